The molecule has 2 aromatic rings. The van der Waals surface area contributed by atoms with E-state index in [0.717, 1.165) is 13.1 Å². The molecule has 3 N–H and O–H groups in total. The number of β-amino-alcohol motifs (C(OH)–C–C–N with tert-alkyl or cyclic N) is 1. The number of aliphatic hydroxyl groups excluding tert-OH is 1. The van der Waals surface area contributed by atoms with Gasteiger partial charge in [-0.2, -0.15) is 0 Å². The summed E-state index contributed by atoms with van der Waals surface area (Å²) in [6.07, 6.45) is 3.19. The number of benzene rings is 2. The summed E-state index contributed by atoms with van der Waals surface area (Å²) in [5, 5.41) is 25.3. The largest absolute Gasteiger partial charge is 0.473 e. The number of carbonyl (C=O) groups is 2. The standard InChI is InChI=1S/C23H31NO2.C2H2O4/c1-18-10-4-6-12-21(18)23(22-13-7-5-11-19(22)2)26-17-20(25)16-24-14-8-3-9-15-24;3-1(4)2(5)6/h4-7,10-13,20,23,25H,3,8-9,14-17H2,1-2H3;(H,3,4)(H,5,6). The van der Waals surface area contributed by atoms with Crippen LogP contribution in [0.5, 0.6) is 0 Å². The van der Waals surface area contributed by atoms with Crippen LogP contribution in [0, 0.1) is 13.8 Å². The quantitative estimate of drug-likeness (QED) is 0.563. The maximum atomic E-state index is 10.5. The molecule has 2 aromatic carbocycles. The van der Waals surface area contributed by atoms with Gasteiger partial charge in [-0.3, -0.25) is 0 Å². The minimum absolute atomic E-state index is 0.145. The third-order valence-electron chi connectivity index (χ3n) is 5.50. The van der Waals surface area contributed by atoms with Crippen molar-refractivity contribution in [1.82, 2.24) is 4.90 Å². The maximum Gasteiger partial charge on any atom is 0.414 e. The summed E-state index contributed by atoms with van der Waals surface area (Å²) in [5.41, 5.74) is 4.77. The van der Waals surface area contributed by atoms with E-state index in [1.165, 1.54) is 41.5 Å². The third-order valence-corrected chi connectivity index (χ3v) is 5.50. The third kappa shape index (κ3) is 8.07. The van der Waals surface area contributed by atoms with Crippen molar-refractivity contribution >= 4 is 11.9 Å². The lowest BCUT2D eigenvalue weighted by atomic mass is 9.94. The zero-order chi connectivity index (χ0) is 23.5. The fourth-order valence-corrected chi connectivity index (χ4v) is 3.81. The summed E-state index contributed by atoms with van der Waals surface area (Å²) in [5.74, 6) is -3.65. The summed E-state index contributed by atoms with van der Waals surface area (Å²) in [7, 11) is 0. The highest BCUT2D eigenvalue weighted by molar-refractivity contribution is 6.27. The Morgan fingerprint density at radius 3 is 1.78 bits per heavy atom. The molecule has 0 saturated carbocycles. The van der Waals surface area contributed by atoms with Gasteiger partial charge in [0.2, 0.25) is 0 Å². The molecule has 1 aliphatic heterocycles. The molecule has 7 nitrogen and oxygen atoms in total. The predicted octanol–water partition coefficient (Wildman–Crippen LogP) is 3.41. The summed E-state index contributed by atoms with van der Waals surface area (Å²) >= 11 is 0. The molecule has 0 amide bonds. The van der Waals surface area contributed by atoms with Gasteiger partial charge in [-0.25, -0.2) is 9.59 Å². The van der Waals surface area contributed by atoms with Gasteiger partial charge < -0.3 is 25.0 Å². The number of aliphatic carboxylic acids is 2. The second-order valence-corrected chi connectivity index (χ2v) is 8.05. The van der Waals surface area contributed by atoms with Crippen LogP contribution >= 0.6 is 0 Å². The van der Waals surface area contributed by atoms with Gasteiger partial charge in [0.15, 0.2) is 0 Å². The second-order valence-electron chi connectivity index (χ2n) is 8.05. The number of hydrogen-bond acceptors (Lipinski definition) is 5. The van der Waals surface area contributed by atoms with Gasteiger partial charge in [-0.05, 0) is 62.0 Å². The highest BCUT2D eigenvalue weighted by Crippen LogP contribution is 2.30. The number of likely N-dealkylation sites (tertiary alicyclic amines) is 1. The molecule has 0 radical (unpaired) electrons. The van der Waals surface area contributed by atoms with Crippen molar-refractivity contribution in [3.05, 3.63) is 70.8 Å². The van der Waals surface area contributed by atoms with Crippen molar-refractivity contribution in [1.29, 1.82) is 0 Å². The number of hydrogen-bond donors (Lipinski definition) is 3. The minimum atomic E-state index is -1.82. The first-order valence-corrected chi connectivity index (χ1v) is 10.9. The number of carboxylic acid groups (broad SMARTS) is 2. The molecule has 1 heterocycles. The number of rotatable bonds is 7. The molecule has 0 aliphatic carbocycles. The lowest BCUT2D eigenvalue weighted by Gasteiger charge is -2.29. The van der Waals surface area contributed by atoms with Crippen molar-refractivity contribution < 1.29 is 29.6 Å². The lowest BCUT2D eigenvalue weighted by Crippen LogP contribution is -2.38. The van der Waals surface area contributed by atoms with E-state index in [1.807, 2.05) is 0 Å². The molecule has 0 spiro atoms. The Bertz CT molecular complexity index is 821. The number of ether oxygens (including phenoxy) is 1. The SMILES string of the molecule is Cc1ccccc1C(OCC(O)CN1CCCCC1)c1ccccc1C.O=C(O)C(=O)O. The van der Waals surface area contributed by atoms with E-state index in [-0.39, 0.29) is 6.10 Å². The monoisotopic (exact) mass is 443 g/mol. The first kappa shape index (κ1) is 25.5. The molecular formula is C25H33NO6. The molecule has 7 heteroatoms. The number of aliphatic hydroxyl groups is 1. The van der Waals surface area contributed by atoms with Gasteiger partial charge in [0, 0.05) is 6.54 Å². The number of aryl methyl sites for hydroxylation is 2. The Kier molecular flexibility index (Phi) is 10.3. The van der Waals surface area contributed by atoms with Crippen LogP contribution in [-0.2, 0) is 14.3 Å². The van der Waals surface area contributed by atoms with E-state index in [2.05, 4.69) is 67.3 Å². The predicted molar refractivity (Wildman–Crippen MR) is 122 cm³/mol. The highest BCUT2D eigenvalue weighted by Gasteiger charge is 2.21. The van der Waals surface area contributed by atoms with Crippen molar-refractivity contribution in [2.45, 2.75) is 45.3 Å². The minimum Gasteiger partial charge on any atom is -0.473 e. The molecule has 1 atom stereocenters. The van der Waals surface area contributed by atoms with E-state index in [1.54, 1.807) is 0 Å². The Morgan fingerprint density at radius 2 is 1.34 bits per heavy atom. The highest BCUT2D eigenvalue weighted by atomic mass is 16.5. The van der Waals surface area contributed by atoms with E-state index < -0.39 is 18.0 Å². The zero-order valence-corrected chi connectivity index (χ0v) is 18.7. The van der Waals surface area contributed by atoms with Crippen LogP contribution in [0.2, 0.25) is 0 Å². The van der Waals surface area contributed by atoms with Crippen LogP contribution in [0.4, 0.5) is 0 Å². The van der Waals surface area contributed by atoms with Gasteiger partial charge in [0.1, 0.15) is 6.10 Å². The molecule has 1 fully saturated rings. The van der Waals surface area contributed by atoms with Gasteiger partial charge in [0.25, 0.3) is 0 Å². The molecule has 32 heavy (non-hydrogen) atoms. The lowest BCUT2D eigenvalue weighted by molar-refractivity contribution is -0.159. The number of piperidine rings is 1. The maximum absolute atomic E-state index is 10.5. The zero-order valence-electron chi connectivity index (χ0n) is 18.7. The van der Waals surface area contributed by atoms with Gasteiger partial charge in [-0.15, -0.1) is 0 Å². The number of nitrogens with zero attached hydrogens (tertiary/aromatic N) is 1. The fraction of sp³-hybridized carbons (Fsp3) is 0.440. The first-order valence-electron chi connectivity index (χ1n) is 10.9. The fourth-order valence-electron chi connectivity index (χ4n) is 3.81. The Balaban J connectivity index is 0.000000534. The molecule has 1 aliphatic rings. The summed E-state index contributed by atoms with van der Waals surface area (Å²) in [6.45, 7) is 7.48. The van der Waals surface area contributed by atoms with Crippen LogP contribution in [0.3, 0.4) is 0 Å². The van der Waals surface area contributed by atoms with E-state index in [0.29, 0.717) is 13.2 Å². The van der Waals surface area contributed by atoms with E-state index >= 15 is 0 Å². The van der Waals surface area contributed by atoms with Gasteiger partial charge in [0.05, 0.1) is 12.7 Å². The molecule has 0 bridgehead atoms. The summed E-state index contributed by atoms with van der Waals surface area (Å²) < 4.78 is 6.30. The first-order chi connectivity index (χ1) is 15.3. The summed E-state index contributed by atoms with van der Waals surface area (Å²) in [4.78, 5) is 20.6. The Labute approximate surface area is 189 Å². The van der Waals surface area contributed by atoms with Crippen LogP contribution in [0.25, 0.3) is 0 Å². The topological polar surface area (TPSA) is 107 Å². The average Bonchev–Trinajstić information content (AvgIpc) is 2.77. The molecule has 1 saturated heterocycles. The van der Waals surface area contributed by atoms with Crippen LogP contribution < -0.4 is 0 Å². The smallest absolute Gasteiger partial charge is 0.414 e. The Morgan fingerprint density at radius 1 is 0.875 bits per heavy atom. The Hall–Kier alpha value is -2.74. The number of carboxylic acids is 2. The average molecular weight is 444 g/mol. The van der Waals surface area contributed by atoms with Crippen molar-refractivity contribution in [3.8, 4) is 0 Å². The molecular weight excluding hydrogens is 410 g/mol. The van der Waals surface area contributed by atoms with Crippen LogP contribution in [0.1, 0.15) is 47.6 Å². The van der Waals surface area contributed by atoms with Crippen molar-refractivity contribution in [2.24, 2.45) is 0 Å². The molecule has 174 valence electrons. The molecule has 0 aromatic heterocycles. The van der Waals surface area contributed by atoms with Crippen molar-refractivity contribution in [3.63, 3.8) is 0 Å². The van der Waals surface area contributed by atoms with Gasteiger partial charge >= 0.3 is 11.9 Å². The van der Waals surface area contributed by atoms with Crippen LogP contribution in [0.15, 0.2) is 48.5 Å². The van der Waals surface area contributed by atoms with E-state index in [9.17, 15) is 5.11 Å². The normalized spacial score (nSPS) is 15.0. The van der Waals surface area contributed by atoms with Crippen molar-refractivity contribution in [2.75, 3.05) is 26.2 Å². The van der Waals surface area contributed by atoms with E-state index in [4.69, 9.17) is 24.5 Å². The second kappa shape index (κ2) is 13.0. The molecule has 3 rings (SSSR count). The molecule has 1 unspecified atom stereocenters. The summed E-state index contributed by atoms with van der Waals surface area (Å²) in [6, 6.07) is 16.7. The van der Waals surface area contributed by atoms with Gasteiger partial charge in [-0.1, -0.05) is 55.0 Å². The van der Waals surface area contributed by atoms with Crippen LogP contribution in [-0.4, -0.2) is 64.5 Å².